The molecule has 2 aliphatic rings. The first kappa shape index (κ1) is 15.8. The Morgan fingerprint density at radius 2 is 2.00 bits per heavy atom. The normalized spacial score (nSPS) is 11.7. The van der Waals surface area contributed by atoms with Gasteiger partial charge in [0, 0.05) is 30.6 Å². The minimum atomic E-state index is -1.02. The van der Waals surface area contributed by atoms with Crippen molar-refractivity contribution in [3.8, 4) is 16.9 Å². The van der Waals surface area contributed by atoms with Crippen molar-refractivity contribution in [2.45, 2.75) is 33.6 Å². The molecule has 0 unspecified atom stereocenters. The van der Waals surface area contributed by atoms with Crippen LogP contribution >= 0.6 is 0 Å². The predicted molar refractivity (Wildman–Crippen MR) is 81.9 cm³/mol. The van der Waals surface area contributed by atoms with E-state index in [1.165, 1.54) is 6.92 Å². The van der Waals surface area contributed by atoms with Gasteiger partial charge < -0.3 is 14.3 Å². The van der Waals surface area contributed by atoms with E-state index in [4.69, 9.17) is 14.3 Å². The molecule has 1 N–H and O–H groups in total. The lowest BCUT2D eigenvalue weighted by molar-refractivity contribution is -0.132. The Morgan fingerprint density at radius 3 is 2.55 bits per heavy atom. The van der Waals surface area contributed by atoms with Gasteiger partial charge in [0.2, 0.25) is 0 Å². The number of carbonyl (C=O) groups excluding carboxylic acids is 1. The monoisotopic (exact) mass is 302 g/mol. The number of carboxylic acid groups (broad SMARTS) is 1. The lowest BCUT2D eigenvalue weighted by atomic mass is 10.0. The summed E-state index contributed by atoms with van der Waals surface area (Å²) >= 11 is 0. The molecule has 1 heterocycles. The van der Waals surface area contributed by atoms with Crippen LogP contribution in [-0.4, -0.2) is 17.0 Å². The molecule has 1 aliphatic heterocycles. The number of ether oxygens (including phenoxy) is 1. The largest absolute Gasteiger partial charge is 0.478 e. The highest BCUT2D eigenvalue weighted by Crippen LogP contribution is 2.38. The van der Waals surface area contributed by atoms with Crippen LogP contribution in [0.1, 0.15) is 38.7 Å². The third-order valence-electron chi connectivity index (χ3n) is 3.27. The third kappa shape index (κ3) is 3.36. The van der Waals surface area contributed by atoms with Crippen LogP contribution in [0.5, 0.6) is 5.75 Å². The van der Waals surface area contributed by atoms with Gasteiger partial charge in [0.15, 0.2) is 0 Å². The lowest BCUT2D eigenvalue weighted by Crippen LogP contribution is -1.99. The number of hydrogen-bond acceptors (Lipinski definition) is 4. The SMILES string of the molecule is CCC(=CC(=O)O)c1oc(CC)cc2cc(OC(C)=O)cc1-2. The minimum Gasteiger partial charge on any atom is -0.478 e. The van der Waals surface area contributed by atoms with Gasteiger partial charge in [0.1, 0.15) is 17.3 Å². The highest BCUT2D eigenvalue weighted by Gasteiger charge is 2.19. The molecular weight excluding hydrogens is 284 g/mol. The van der Waals surface area contributed by atoms with Crippen LogP contribution in [0.4, 0.5) is 0 Å². The van der Waals surface area contributed by atoms with E-state index < -0.39 is 11.9 Å². The Morgan fingerprint density at radius 1 is 1.27 bits per heavy atom. The van der Waals surface area contributed by atoms with E-state index in [9.17, 15) is 9.59 Å². The molecule has 0 amide bonds. The van der Waals surface area contributed by atoms with Gasteiger partial charge in [-0.2, -0.15) is 0 Å². The number of hydrogen-bond donors (Lipinski definition) is 1. The minimum absolute atomic E-state index is 0.402. The number of fused-ring (bicyclic) bond motifs is 1. The van der Waals surface area contributed by atoms with E-state index in [0.717, 1.165) is 23.0 Å². The van der Waals surface area contributed by atoms with E-state index in [0.29, 0.717) is 29.9 Å². The summed E-state index contributed by atoms with van der Waals surface area (Å²) in [4.78, 5) is 22.1. The van der Waals surface area contributed by atoms with Gasteiger partial charge in [0.25, 0.3) is 0 Å². The molecular formula is C17H18O5. The molecule has 0 saturated heterocycles. The summed E-state index contributed by atoms with van der Waals surface area (Å²) in [5.41, 5.74) is 2.19. The molecule has 2 rings (SSSR count). The fourth-order valence-electron chi connectivity index (χ4n) is 2.32. The molecule has 1 aliphatic carbocycles. The maximum atomic E-state index is 11.1. The first-order valence-electron chi connectivity index (χ1n) is 7.13. The van der Waals surface area contributed by atoms with Gasteiger partial charge >= 0.3 is 11.9 Å². The molecule has 5 heteroatoms. The number of aliphatic carboxylic acids is 1. The number of esters is 1. The second-order valence-corrected chi connectivity index (χ2v) is 4.91. The Balaban J connectivity index is 2.63. The van der Waals surface area contributed by atoms with Crippen LogP contribution in [0.3, 0.4) is 0 Å². The zero-order valence-electron chi connectivity index (χ0n) is 12.8. The summed E-state index contributed by atoms with van der Waals surface area (Å²) in [6.45, 7) is 5.16. The van der Waals surface area contributed by atoms with Crippen molar-refractivity contribution in [1.82, 2.24) is 0 Å². The number of rotatable bonds is 5. The Labute approximate surface area is 128 Å². The van der Waals surface area contributed by atoms with Crippen molar-refractivity contribution >= 4 is 17.5 Å². The van der Waals surface area contributed by atoms with Crippen LogP contribution in [0, 0.1) is 0 Å². The van der Waals surface area contributed by atoms with Crippen LogP contribution < -0.4 is 4.74 Å². The molecule has 0 radical (unpaired) electrons. The predicted octanol–water partition coefficient (Wildman–Crippen LogP) is 3.75. The summed E-state index contributed by atoms with van der Waals surface area (Å²) in [7, 11) is 0. The molecule has 0 fully saturated rings. The van der Waals surface area contributed by atoms with Gasteiger partial charge in [-0.05, 0) is 30.2 Å². The van der Waals surface area contributed by atoms with Crippen molar-refractivity contribution in [1.29, 1.82) is 0 Å². The second-order valence-electron chi connectivity index (χ2n) is 4.91. The number of allylic oxidation sites excluding steroid dienone is 1. The molecule has 0 bridgehead atoms. The van der Waals surface area contributed by atoms with Crippen molar-refractivity contribution in [3.63, 3.8) is 0 Å². The maximum absolute atomic E-state index is 11.1. The highest BCUT2D eigenvalue weighted by molar-refractivity contribution is 5.92. The fourth-order valence-corrected chi connectivity index (χ4v) is 2.32. The molecule has 0 spiro atoms. The van der Waals surface area contributed by atoms with Crippen molar-refractivity contribution in [2.24, 2.45) is 0 Å². The van der Waals surface area contributed by atoms with Gasteiger partial charge in [0.05, 0.1) is 0 Å². The average molecular weight is 302 g/mol. The first-order chi connectivity index (χ1) is 10.4. The highest BCUT2D eigenvalue weighted by atomic mass is 16.5. The van der Waals surface area contributed by atoms with Gasteiger partial charge in [-0.25, -0.2) is 4.79 Å². The Hall–Kier alpha value is -2.56. The van der Waals surface area contributed by atoms with Crippen molar-refractivity contribution in [3.05, 3.63) is 35.8 Å². The van der Waals surface area contributed by atoms with Crippen LogP contribution in [-0.2, 0) is 16.0 Å². The summed E-state index contributed by atoms with van der Waals surface area (Å²) in [5, 5.41) is 9.01. The topological polar surface area (TPSA) is 76.7 Å². The van der Waals surface area contributed by atoms with E-state index in [1.54, 1.807) is 12.1 Å². The summed E-state index contributed by atoms with van der Waals surface area (Å²) in [6, 6.07) is 5.32. The number of carbonyl (C=O) groups is 2. The standard InChI is InChI=1S/C17H18O5/c1-4-11(8-16(19)20)17-15-9-14(21-10(3)18)7-12(15)6-13(5-2)22-17/h6-9H,4-5H2,1-3H3,(H,19,20). The summed E-state index contributed by atoms with van der Waals surface area (Å²) in [6.07, 6.45) is 2.35. The smallest absolute Gasteiger partial charge is 0.328 e. The van der Waals surface area contributed by atoms with Crippen LogP contribution in [0.2, 0.25) is 0 Å². The van der Waals surface area contributed by atoms with Gasteiger partial charge in [-0.1, -0.05) is 13.8 Å². The molecule has 0 aromatic heterocycles. The second kappa shape index (κ2) is 6.47. The molecule has 0 saturated carbocycles. The Bertz CT molecular complexity index is 708. The molecule has 22 heavy (non-hydrogen) atoms. The molecule has 5 nitrogen and oxygen atoms in total. The number of carboxylic acids is 1. The van der Waals surface area contributed by atoms with Crippen LogP contribution in [0.25, 0.3) is 16.7 Å². The number of aryl methyl sites for hydroxylation is 1. The zero-order valence-corrected chi connectivity index (χ0v) is 12.8. The average Bonchev–Trinajstić information content (AvgIpc) is 2.84. The van der Waals surface area contributed by atoms with Gasteiger partial charge in [-0.15, -0.1) is 0 Å². The zero-order chi connectivity index (χ0) is 16.3. The van der Waals surface area contributed by atoms with E-state index in [-0.39, 0.29) is 0 Å². The molecule has 116 valence electrons. The maximum Gasteiger partial charge on any atom is 0.328 e. The first-order valence-corrected chi connectivity index (χ1v) is 7.13. The van der Waals surface area contributed by atoms with E-state index in [2.05, 4.69) is 0 Å². The van der Waals surface area contributed by atoms with E-state index in [1.807, 2.05) is 19.9 Å². The van der Waals surface area contributed by atoms with Crippen molar-refractivity contribution in [2.75, 3.05) is 0 Å². The quantitative estimate of drug-likeness (QED) is 0.672. The molecule has 0 atom stereocenters. The van der Waals surface area contributed by atoms with Crippen molar-refractivity contribution < 1.29 is 23.8 Å². The van der Waals surface area contributed by atoms with E-state index >= 15 is 0 Å². The summed E-state index contributed by atoms with van der Waals surface area (Å²) in [5.74, 6) is 0.262. The lowest BCUT2D eigenvalue weighted by Gasteiger charge is -2.11. The fraction of sp³-hybridized carbons (Fsp3) is 0.294. The van der Waals surface area contributed by atoms with Crippen LogP contribution in [0.15, 0.2) is 28.7 Å². The molecule has 0 aromatic rings. The van der Waals surface area contributed by atoms with Gasteiger partial charge in [-0.3, -0.25) is 4.79 Å². The summed E-state index contributed by atoms with van der Waals surface area (Å²) < 4.78 is 10.9. The third-order valence-corrected chi connectivity index (χ3v) is 3.27. The Kier molecular flexibility index (Phi) is 4.65. The molecule has 0 aromatic carbocycles.